The summed E-state index contributed by atoms with van der Waals surface area (Å²) in [4.78, 5) is 61.9. The van der Waals surface area contributed by atoms with Crippen LogP contribution in [0.25, 0.3) is 0 Å². The topological polar surface area (TPSA) is 286 Å². The van der Waals surface area contributed by atoms with Crippen LogP contribution in [0.1, 0.15) is 168 Å². The third kappa shape index (κ3) is 30.9. The minimum atomic E-state index is -5.45. The number of phosphoric acid groups is 2. The van der Waals surface area contributed by atoms with Gasteiger partial charge in [0, 0.05) is 19.0 Å². The van der Waals surface area contributed by atoms with Crippen molar-refractivity contribution in [1.82, 2.24) is 9.55 Å². The summed E-state index contributed by atoms with van der Waals surface area (Å²) in [5.41, 5.74) is 4.58. The maximum atomic E-state index is 12.8. The molecule has 71 heavy (non-hydrogen) atoms. The Morgan fingerprint density at radius 1 is 0.732 bits per heavy atom. The summed E-state index contributed by atoms with van der Waals surface area (Å²) in [6.07, 6.45) is 33.6. The molecule has 1 aromatic heterocycles. The van der Waals surface area contributed by atoms with Gasteiger partial charge in [-0.25, -0.2) is 13.9 Å². The van der Waals surface area contributed by atoms with Gasteiger partial charge in [0.05, 0.1) is 19.3 Å². The van der Waals surface area contributed by atoms with Crippen LogP contribution in [0, 0.1) is 0 Å². The third-order valence-electron chi connectivity index (χ3n) is 11.1. The van der Waals surface area contributed by atoms with Crippen LogP contribution in [0.5, 0.6) is 0 Å². The lowest BCUT2D eigenvalue weighted by Gasteiger charge is -2.21. The number of nitrogens with zero attached hydrogens (tertiary/aromatic N) is 2. The Morgan fingerprint density at radius 3 is 1.93 bits per heavy atom. The fourth-order valence-corrected chi connectivity index (χ4v) is 9.25. The number of phosphoric ester groups is 2. The quantitative estimate of drug-likeness (QED) is 0.0154. The molecule has 2 unspecified atom stereocenters. The van der Waals surface area contributed by atoms with E-state index < -0.39 is 89.8 Å². The predicted octanol–water partition coefficient (Wildman–Crippen LogP) is 9.30. The highest BCUT2D eigenvalue weighted by Gasteiger charge is 2.46. The van der Waals surface area contributed by atoms with E-state index in [4.69, 9.17) is 29.0 Å². The lowest BCUT2D eigenvalue weighted by molar-refractivity contribution is -0.161. The smallest absolute Gasteiger partial charge is 0.462 e. The minimum absolute atomic E-state index is 0.0461. The van der Waals surface area contributed by atoms with Gasteiger partial charge in [0.2, 0.25) is 0 Å². The summed E-state index contributed by atoms with van der Waals surface area (Å²) in [7, 11) is -10.9. The first-order valence-electron chi connectivity index (χ1n) is 25.4. The number of unbranched alkanes of at least 4 members (excludes halogenated alkanes) is 13. The standard InChI is InChI=1S/C50H83N3O16P2/c1-3-5-7-8-9-10-11-12-13-14-18-21-24-27-30-34-45(55)64-38-42(67-46(56)35-31-28-25-22-19-16-15-17-20-23-26-29-33-41(54)32-6-4-2)39-65-70(60,61)69-71(62,63)66-40-43-47(57)48(58)49(68-43)53-37-36-44(51)52-50(53)59/h12-13,15-16,20,22-23,25,29,33,36-37,41-43,47-49,54,57-58H,3-11,14,17-19,21,24,26-28,30-32,34-35,38-40H2,1-2H3,(H,60,61)(H,62,63)(H2,51,52,59)/b13-12-,16-15-,23-20-,25-22-,33-29-/t41-,42-,43-,47-,48-,49-/m1/s1. The zero-order chi connectivity index (χ0) is 52.2. The molecule has 21 heteroatoms. The fourth-order valence-electron chi connectivity index (χ4n) is 7.14. The summed E-state index contributed by atoms with van der Waals surface area (Å²) in [5.74, 6) is -1.40. The Balaban J connectivity index is 1.84. The zero-order valence-electron chi connectivity index (χ0n) is 41.9. The first-order chi connectivity index (χ1) is 34.1. The van der Waals surface area contributed by atoms with E-state index in [-0.39, 0.29) is 18.7 Å². The number of hydrogen-bond donors (Lipinski definition) is 6. The normalized spacial score (nSPS) is 20.1. The van der Waals surface area contributed by atoms with E-state index in [1.165, 1.54) is 44.6 Å². The first-order valence-corrected chi connectivity index (χ1v) is 28.4. The average molecular weight is 1040 g/mol. The maximum Gasteiger partial charge on any atom is 0.481 e. The molecule has 1 aliphatic rings. The zero-order valence-corrected chi connectivity index (χ0v) is 43.7. The summed E-state index contributed by atoms with van der Waals surface area (Å²) in [5, 5.41) is 30.8. The Labute approximate surface area is 420 Å². The second-order valence-corrected chi connectivity index (χ2v) is 20.5. The van der Waals surface area contributed by atoms with Crippen LogP contribution in [0.3, 0.4) is 0 Å². The number of carbonyl (C=O) groups excluding carboxylic acids is 2. The molecular formula is C50H83N3O16P2. The van der Waals surface area contributed by atoms with Crippen molar-refractivity contribution in [3.05, 3.63) is 83.5 Å². The Bertz CT molecular complexity index is 1940. The lowest BCUT2D eigenvalue weighted by Crippen LogP contribution is -2.36. The molecule has 2 rings (SSSR count). The molecule has 404 valence electrons. The van der Waals surface area contributed by atoms with Gasteiger partial charge in [-0.1, -0.05) is 139 Å². The van der Waals surface area contributed by atoms with Gasteiger partial charge in [-0.05, 0) is 76.7 Å². The van der Waals surface area contributed by atoms with Crippen molar-refractivity contribution in [1.29, 1.82) is 0 Å². The fraction of sp³-hybridized carbons (Fsp3) is 0.680. The number of aromatic nitrogens is 2. The first kappa shape index (κ1) is 63.5. The van der Waals surface area contributed by atoms with Gasteiger partial charge in [-0.15, -0.1) is 0 Å². The van der Waals surface area contributed by atoms with Gasteiger partial charge < -0.3 is 45.1 Å². The highest BCUT2D eigenvalue weighted by molar-refractivity contribution is 7.61. The van der Waals surface area contributed by atoms with Gasteiger partial charge in [0.15, 0.2) is 12.3 Å². The number of anilines is 1. The summed E-state index contributed by atoms with van der Waals surface area (Å²) < 4.78 is 56.7. The van der Waals surface area contributed by atoms with E-state index in [0.717, 1.165) is 81.4 Å². The molecule has 0 aliphatic carbocycles. The number of allylic oxidation sites excluding steroid dienone is 9. The van der Waals surface area contributed by atoms with E-state index in [1.807, 2.05) is 42.5 Å². The predicted molar refractivity (Wildman–Crippen MR) is 272 cm³/mol. The maximum absolute atomic E-state index is 12.8. The van der Waals surface area contributed by atoms with Gasteiger partial charge in [0.1, 0.15) is 30.7 Å². The molecule has 0 amide bonds. The van der Waals surface area contributed by atoms with Crippen LogP contribution >= 0.6 is 15.6 Å². The molecule has 7 N–H and O–H groups in total. The molecular weight excluding hydrogens is 961 g/mol. The molecule has 0 aromatic carbocycles. The highest BCUT2D eigenvalue weighted by atomic mass is 31.3. The Kier molecular flexibility index (Phi) is 34.1. The van der Waals surface area contributed by atoms with E-state index >= 15 is 0 Å². The SMILES string of the molecule is CCCCCCCC/C=C\CCCCCCCC(=O)OC[C@H](COP(=O)(O)OP(=O)(O)OC[C@H]1O[C@@H](n2ccc(N)nc2=O)[C@H](O)[C@@H]1O)OC(=O)CCC/C=C\C/C=C\C/C=C\C/C=C\[C@H](O)CCCC. The van der Waals surface area contributed by atoms with Crippen molar-refractivity contribution in [2.24, 2.45) is 0 Å². The molecule has 1 saturated heterocycles. The van der Waals surface area contributed by atoms with Crippen molar-refractivity contribution in [2.75, 3.05) is 25.6 Å². The summed E-state index contributed by atoms with van der Waals surface area (Å²) >= 11 is 0. The van der Waals surface area contributed by atoms with Gasteiger partial charge in [-0.3, -0.25) is 23.2 Å². The van der Waals surface area contributed by atoms with Crippen molar-refractivity contribution >= 4 is 33.4 Å². The number of rotatable bonds is 41. The van der Waals surface area contributed by atoms with Crippen molar-refractivity contribution in [2.45, 2.75) is 198 Å². The number of carbonyl (C=O) groups is 2. The van der Waals surface area contributed by atoms with Gasteiger partial charge in [-0.2, -0.15) is 9.29 Å². The van der Waals surface area contributed by atoms with E-state index in [0.29, 0.717) is 25.7 Å². The Hall–Kier alpha value is -3.58. The summed E-state index contributed by atoms with van der Waals surface area (Å²) in [6.45, 7) is 1.92. The molecule has 1 fully saturated rings. The number of ether oxygens (including phenoxy) is 3. The largest absolute Gasteiger partial charge is 0.481 e. The van der Waals surface area contributed by atoms with Crippen LogP contribution < -0.4 is 11.4 Å². The Morgan fingerprint density at radius 2 is 1.28 bits per heavy atom. The minimum Gasteiger partial charge on any atom is -0.462 e. The summed E-state index contributed by atoms with van der Waals surface area (Å²) in [6, 6.07) is 1.24. The molecule has 0 spiro atoms. The van der Waals surface area contributed by atoms with Crippen molar-refractivity contribution in [3.63, 3.8) is 0 Å². The van der Waals surface area contributed by atoms with Crippen LogP contribution in [0.15, 0.2) is 77.8 Å². The third-order valence-corrected chi connectivity index (χ3v) is 13.7. The van der Waals surface area contributed by atoms with E-state index in [1.54, 1.807) is 0 Å². The second kappa shape index (κ2) is 38.1. The monoisotopic (exact) mass is 1040 g/mol. The van der Waals surface area contributed by atoms with E-state index in [2.05, 4.69) is 41.4 Å². The van der Waals surface area contributed by atoms with Crippen LogP contribution in [-0.2, 0) is 46.3 Å². The number of aliphatic hydroxyl groups is 3. The molecule has 1 aromatic rings. The molecule has 19 nitrogen and oxygen atoms in total. The van der Waals surface area contributed by atoms with Crippen molar-refractivity contribution in [3.8, 4) is 0 Å². The average Bonchev–Trinajstić information content (AvgIpc) is 3.60. The number of nitrogens with two attached hydrogens (primary N) is 1. The molecule has 0 saturated carbocycles. The van der Waals surface area contributed by atoms with Crippen LogP contribution in [0.2, 0.25) is 0 Å². The highest BCUT2D eigenvalue weighted by Crippen LogP contribution is 2.60. The van der Waals surface area contributed by atoms with Gasteiger partial charge >= 0.3 is 33.3 Å². The number of nitrogen functional groups attached to an aromatic ring is 1. The molecule has 2 heterocycles. The van der Waals surface area contributed by atoms with Crippen LogP contribution in [-0.4, -0.2) is 96.9 Å². The lowest BCUT2D eigenvalue weighted by atomic mass is 10.1. The number of esters is 2. The molecule has 0 bridgehead atoms. The second-order valence-electron chi connectivity index (χ2n) is 17.5. The van der Waals surface area contributed by atoms with Crippen LogP contribution in [0.4, 0.5) is 5.82 Å². The van der Waals surface area contributed by atoms with E-state index in [9.17, 15) is 48.6 Å². The molecule has 8 atom stereocenters. The number of aliphatic hydroxyl groups excluding tert-OH is 3. The molecule has 1 aliphatic heterocycles. The van der Waals surface area contributed by atoms with Gasteiger partial charge in [0.25, 0.3) is 0 Å². The van der Waals surface area contributed by atoms with Crippen molar-refractivity contribution < 1.29 is 71.4 Å². The molecule has 0 radical (unpaired) electrons. The number of hydrogen-bond acceptors (Lipinski definition) is 16.